The highest BCUT2D eigenvalue weighted by Gasteiger charge is 2.26. The first-order valence-electron chi connectivity index (χ1n) is 10.1. The standard InChI is InChI=1S/C22H25F2N5O/c1-13-18(14(2)28(3)27-13)7-8-22(30)26-20-5-4-6-21-19(20)12-25-29(21)17-10-15(23)9-16(24)11-17/h9-12,20H,4-8H2,1-3H3,(H,26,30)/t20-/m0/s1. The van der Waals surface area contributed by atoms with Gasteiger partial charge in [0.15, 0.2) is 0 Å². The lowest BCUT2D eigenvalue weighted by molar-refractivity contribution is -0.121. The molecule has 1 aliphatic rings. The second-order valence-electron chi connectivity index (χ2n) is 7.87. The number of fused-ring (bicyclic) bond motifs is 1. The molecule has 1 amide bonds. The molecule has 0 aliphatic heterocycles. The van der Waals surface area contributed by atoms with Gasteiger partial charge in [-0.2, -0.15) is 10.2 Å². The number of hydrogen-bond donors (Lipinski definition) is 1. The number of aromatic nitrogens is 4. The Balaban J connectivity index is 1.48. The molecule has 0 saturated carbocycles. The number of aryl methyl sites for hydroxylation is 2. The second-order valence-corrected chi connectivity index (χ2v) is 7.87. The van der Waals surface area contributed by atoms with Crippen LogP contribution in [0, 0.1) is 25.5 Å². The van der Waals surface area contributed by atoms with Crippen molar-refractivity contribution in [2.75, 3.05) is 0 Å². The molecule has 6 nitrogen and oxygen atoms in total. The fourth-order valence-electron chi connectivity index (χ4n) is 4.28. The SMILES string of the molecule is Cc1nn(C)c(C)c1CCC(=O)N[C@H]1CCCc2c1cnn2-c1cc(F)cc(F)c1. The monoisotopic (exact) mass is 413 g/mol. The van der Waals surface area contributed by atoms with Gasteiger partial charge in [-0.25, -0.2) is 13.5 Å². The number of carbonyl (C=O) groups is 1. The Bertz CT molecular complexity index is 1080. The topological polar surface area (TPSA) is 64.7 Å². The van der Waals surface area contributed by atoms with Crippen LogP contribution < -0.4 is 5.32 Å². The highest BCUT2D eigenvalue weighted by molar-refractivity contribution is 5.77. The number of rotatable bonds is 5. The molecule has 1 atom stereocenters. The molecule has 0 bridgehead atoms. The van der Waals surface area contributed by atoms with E-state index in [9.17, 15) is 13.6 Å². The molecular formula is C22H25F2N5O. The van der Waals surface area contributed by atoms with E-state index in [1.165, 1.54) is 12.1 Å². The summed E-state index contributed by atoms with van der Waals surface area (Å²) in [6, 6.07) is 3.21. The van der Waals surface area contributed by atoms with Gasteiger partial charge in [0.25, 0.3) is 0 Å². The highest BCUT2D eigenvalue weighted by atomic mass is 19.1. The molecule has 1 N–H and O–H groups in total. The van der Waals surface area contributed by atoms with E-state index in [1.807, 2.05) is 25.6 Å². The minimum atomic E-state index is -0.643. The van der Waals surface area contributed by atoms with Crippen LogP contribution in [0.3, 0.4) is 0 Å². The molecular weight excluding hydrogens is 388 g/mol. The predicted octanol–water partition coefficient (Wildman–Crippen LogP) is 3.63. The number of hydrogen-bond acceptors (Lipinski definition) is 3. The third-order valence-corrected chi connectivity index (χ3v) is 5.87. The molecule has 8 heteroatoms. The lowest BCUT2D eigenvalue weighted by Crippen LogP contribution is -2.31. The maximum Gasteiger partial charge on any atom is 0.220 e. The lowest BCUT2D eigenvalue weighted by Gasteiger charge is -2.24. The number of amides is 1. The molecule has 2 heterocycles. The fraction of sp³-hybridized carbons (Fsp3) is 0.409. The van der Waals surface area contributed by atoms with Gasteiger partial charge in [0.2, 0.25) is 5.91 Å². The number of halogens is 2. The predicted molar refractivity (Wildman–Crippen MR) is 108 cm³/mol. The van der Waals surface area contributed by atoms with E-state index in [4.69, 9.17) is 0 Å². The van der Waals surface area contributed by atoms with Gasteiger partial charge in [-0.05, 0) is 57.2 Å². The Labute approximate surface area is 173 Å². The maximum atomic E-state index is 13.6. The van der Waals surface area contributed by atoms with E-state index in [-0.39, 0.29) is 11.9 Å². The van der Waals surface area contributed by atoms with Crippen LogP contribution in [0.2, 0.25) is 0 Å². The van der Waals surface area contributed by atoms with Crippen molar-refractivity contribution in [2.24, 2.45) is 7.05 Å². The maximum absolute atomic E-state index is 13.6. The molecule has 0 fully saturated rings. The summed E-state index contributed by atoms with van der Waals surface area (Å²) in [5, 5.41) is 11.9. The van der Waals surface area contributed by atoms with Crippen molar-refractivity contribution in [3.8, 4) is 5.69 Å². The van der Waals surface area contributed by atoms with Crippen LogP contribution in [0.5, 0.6) is 0 Å². The minimum Gasteiger partial charge on any atom is -0.349 e. The Kier molecular flexibility index (Phi) is 5.40. The van der Waals surface area contributed by atoms with Gasteiger partial charge < -0.3 is 5.32 Å². The second kappa shape index (κ2) is 8.01. The van der Waals surface area contributed by atoms with Crippen molar-refractivity contribution >= 4 is 5.91 Å². The van der Waals surface area contributed by atoms with Crippen LogP contribution in [0.15, 0.2) is 24.4 Å². The molecule has 158 valence electrons. The van der Waals surface area contributed by atoms with Crippen LogP contribution in [0.25, 0.3) is 5.69 Å². The Morgan fingerprint density at radius 1 is 1.23 bits per heavy atom. The highest BCUT2D eigenvalue weighted by Crippen LogP contribution is 2.31. The van der Waals surface area contributed by atoms with Crippen LogP contribution in [0.1, 0.15) is 53.5 Å². The number of carbonyl (C=O) groups excluding carboxylic acids is 1. The molecule has 1 aromatic carbocycles. The summed E-state index contributed by atoms with van der Waals surface area (Å²) in [4.78, 5) is 12.6. The minimum absolute atomic E-state index is 0.0277. The van der Waals surface area contributed by atoms with Crippen molar-refractivity contribution in [3.63, 3.8) is 0 Å². The first kappa shape index (κ1) is 20.3. The number of benzene rings is 1. The molecule has 0 spiro atoms. The molecule has 0 radical (unpaired) electrons. The number of nitrogens with zero attached hydrogens (tertiary/aromatic N) is 4. The van der Waals surface area contributed by atoms with Crippen LogP contribution in [-0.2, 0) is 24.7 Å². The quantitative estimate of drug-likeness (QED) is 0.695. The lowest BCUT2D eigenvalue weighted by atomic mass is 9.92. The molecule has 0 unspecified atom stereocenters. The van der Waals surface area contributed by atoms with Crippen molar-refractivity contribution in [2.45, 2.75) is 52.0 Å². The van der Waals surface area contributed by atoms with Gasteiger partial charge in [0.1, 0.15) is 11.6 Å². The Morgan fingerprint density at radius 3 is 2.63 bits per heavy atom. The number of nitrogens with one attached hydrogen (secondary N) is 1. The van der Waals surface area contributed by atoms with E-state index in [0.717, 1.165) is 53.5 Å². The molecule has 1 aliphatic carbocycles. The smallest absolute Gasteiger partial charge is 0.220 e. The Morgan fingerprint density at radius 2 is 1.97 bits per heavy atom. The molecule has 2 aromatic heterocycles. The normalized spacial score (nSPS) is 15.8. The van der Waals surface area contributed by atoms with E-state index in [2.05, 4.69) is 15.5 Å². The summed E-state index contributed by atoms with van der Waals surface area (Å²) in [5.41, 5.74) is 5.28. The Hall–Kier alpha value is -3.03. The van der Waals surface area contributed by atoms with Gasteiger partial charge in [-0.15, -0.1) is 0 Å². The van der Waals surface area contributed by atoms with Crippen LogP contribution >= 0.6 is 0 Å². The first-order chi connectivity index (χ1) is 14.3. The van der Waals surface area contributed by atoms with E-state index in [0.29, 0.717) is 18.5 Å². The third-order valence-electron chi connectivity index (χ3n) is 5.87. The molecule has 3 aromatic rings. The largest absolute Gasteiger partial charge is 0.349 e. The van der Waals surface area contributed by atoms with Crippen LogP contribution in [-0.4, -0.2) is 25.5 Å². The summed E-state index contributed by atoms with van der Waals surface area (Å²) in [6.45, 7) is 3.96. The van der Waals surface area contributed by atoms with Crippen LogP contribution in [0.4, 0.5) is 8.78 Å². The summed E-state index contributed by atoms with van der Waals surface area (Å²) in [5.74, 6) is -1.31. The molecule has 30 heavy (non-hydrogen) atoms. The van der Waals surface area contributed by atoms with Crippen molar-refractivity contribution in [3.05, 3.63) is 64.2 Å². The van der Waals surface area contributed by atoms with Gasteiger partial charge in [-0.1, -0.05) is 0 Å². The average Bonchev–Trinajstić information content (AvgIpc) is 3.21. The van der Waals surface area contributed by atoms with Crippen molar-refractivity contribution in [1.29, 1.82) is 0 Å². The van der Waals surface area contributed by atoms with Gasteiger partial charge >= 0.3 is 0 Å². The zero-order valence-corrected chi connectivity index (χ0v) is 17.4. The van der Waals surface area contributed by atoms with E-state index < -0.39 is 11.6 Å². The molecule has 4 rings (SSSR count). The van der Waals surface area contributed by atoms with Gasteiger partial charge in [0.05, 0.1) is 23.6 Å². The van der Waals surface area contributed by atoms with Crippen molar-refractivity contribution < 1.29 is 13.6 Å². The summed E-state index contributed by atoms with van der Waals surface area (Å²) in [6.07, 6.45) is 5.13. The first-order valence-corrected chi connectivity index (χ1v) is 10.1. The fourth-order valence-corrected chi connectivity index (χ4v) is 4.28. The van der Waals surface area contributed by atoms with E-state index >= 15 is 0 Å². The third kappa shape index (κ3) is 3.86. The van der Waals surface area contributed by atoms with Crippen molar-refractivity contribution in [1.82, 2.24) is 24.9 Å². The zero-order valence-electron chi connectivity index (χ0n) is 17.4. The summed E-state index contributed by atoms with van der Waals surface area (Å²) < 4.78 is 30.7. The zero-order chi connectivity index (χ0) is 21.4. The van der Waals surface area contributed by atoms with E-state index in [1.54, 1.807) is 10.9 Å². The average molecular weight is 413 g/mol. The molecule has 0 saturated heterocycles. The summed E-state index contributed by atoms with van der Waals surface area (Å²) in [7, 11) is 1.90. The van der Waals surface area contributed by atoms with Gasteiger partial charge in [0, 0.05) is 36.5 Å². The summed E-state index contributed by atoms with van der Waals surface area (Å²) >= 11 is 0. The van der Waals surface area contributed by atoms with Gasteiger partial charge in [-0.3, -0.25) is 9.48 Å².